The largest absolute Gasteiger partial charge is 0.493 e. The summed E-state index contributed by atoms with van der Waals surface area (Å²) in [6, 6.07) is 11.4. The summed E-state index contributed by atoms with van der Waals surface area (Å²) in [4.78, 5) is 24.4. The number of hydrogen-bond acceptors (Lipinski definition) is 7. The molecule has 1 aliphatic rings. The molecule has 0 radical (unpaired) electrons. The number of benzene rings is 2. The lowest BCUT2D eigenvalue weighted by Crippen LogP contribution is -2.41. The van der Waals surface area contributed by atoms with Crippen molar-refractivity contribution < 1.29 is 19.1 Å². The van der Waals surface area contributed by atoms with Crippen LogP contribution < -0.4 is 25.8 Å². The van der Waals surface area contributed by atoms with E-state index >= 15 is 0 Å². The van der Waals surface area contributed by atoms with Crippen molar-refractivity contribution in [2.24, 2.45) is 5.10 Å². The summed E-state index contributed by atoms with van der Waals surface area (Å²) in [7, 11) is 1.46. The number of ether oxygens (including phenoxy) is 2. The van der Waals surface area contributed by atoms with Crippen molar-refractivity contribution in [2.45, 2.75) is 25.4 Å². The third-order valence-corrected chi connectivity index (χ3v) is 4.61. The summed E-state index contributed by atoms with van der Waals surface area (Å²) in [6.45, 7) is 1.98. The van der Waals surface area contributed by atoms with Gasteiger partial charge in [0, 0.05) is 6.04 Å². The Morgan fingerprint density at radius 1 is 1.21 bits per heavy atom. The predicted molar refractivity (Wildman–Crippen MR) is 109 cm³/mol. The second-order valence-electron chi connectivity index (χ2n) is 6.49. The molecule has 1 aliphatic heterocycles. The number of methoxy groups -OCH3 is 1. The highest BCUT2D eigenvalue weighted by molar-refractivity contribution is 6.33. The average Bonchev–Trinajstić information content (AvgIpc) is 3.15. The monoisotopic (exact) mass is 416 g/mol. The summed E-state index contributed by atoms with van der Waals surface area (Å²) in [5, 5.41) is 4.27. The molecule has 1 saturated heterocycles. The number of nitrogens with one attached hydrogen (secondary N) is 3. The van der Waals surface area contributed by atoms with Gasteiger partial charge >= 0.3 is 5.97 Å². The van der Waals surface area contributed by atoms with Gasteiger partial charge in [0.25, 0.3) is 5.91 Å². The van der Waals surface area contributed by atoms with E-state index in [1.54, 1.807) is 42.5 Å². The zero-order valence-electron chi connectivity index (χ0n) is 15.9. The summed E-state index contributed by atoms with van der Waals surface area (Å²) in [5.74, 6) is -0.227. The van der Waals surface area contributed by atoms with Crippen LogP contribution in [0.4, 0.5) is 0 Å². The normalized spacial score (nSPS) is 18.6. The molecule has 29 heavy (non-hydrogen) atoms. The Labute approximate surface area is 173 Å². The van der Waals surface area contributed by atoms with Crippen LogP contribution in [0.3, 0.4) is 0 Å². The standard InChI is InChI=1S/C20H21ClN4O4/c1-12-9-16(24-23-12)19(26)25-22-11-13-7-8-17(18(10-13)28-2)29-20(27)14-5-3-4-6-15(14)21/h3-8,10-12,16,23-24H,9H2,1-2H3,(H,25,26)/b22-11+. The van der Waals surface area contributed by atoms with Gasteiger partial charge in [0.1, 0.15) is 6.04 Å². The summed E-state index contributed by atoms with van der Waals surface area (Å²) >= 11 is 6.03. The second-order valence-corrected chi connectivity index (χ2v) is 6.90. The van der Waals surface area contributed by atoms with Crippen LogP contribution in [0.5, 0.6) is 11.5 Å². The van der Waals surface area contributed by atoms with Crippen molar-refractivity contribution in [3.63, 3.8) is 0 Å². The molecule has 8 nitrogen and oxygen atoms in total. The number of carbonyl (C=O) groups excluding carboxylic acids is 2. The number of hydrazine groups is 1. The number of carbonyl (C=O) groups is 2. The molecule has 3 N–H and O–H groups in total. The highest BCUT2D eigenvalue weighted by Gasteiger charge is 2.26. The van der Waals surface area contributed by atoms with Gasteiger partial charge in [-0.05, 0) is 49.2 Å². The van der Waals surface area contributed by atoms with E-state index in [2.05, 4.69) is 21.4 Å². The molecular formula is C20H21ClN4O4. The van der Waals surface area contributed by atoms with Gasteiger partial charge in [0.15, 0.2) is 11.5 Å². The Morgan fingerprint density at radius 3 is 2.69 bits per heavy atom. The summed E-state index contributed by atoms with van der Waals surface area (Å²) in [5.41, 5.74) is 9.29. The van der Waals surface area contributed by atoms with Crippen LogP contribution in [0.25, 0.3) is 0 Å². The first-order valence-electron chi connectivity index (χ1n) is 8.96. The van der Waals surface area contributed by atoms with Crippen molar-refractivity contribution in [1.29, 1.82) is 0 Å². The van der Waals surface area contributed by atoms with Crippen molar-refractivity contribution in [1.82, 2.24) is 16.3 Å². The predicted octanol–water partition coefficient (Wildman–Crippen LogP) is 2.27. The Hall–Kier alpha value is -2.94. The maximum atomic E-state index is 12.3. The van der Waals surface area contributed by atoms with E-state index < -0.39 is 5.97 Å². The third-order valence-electron chi connectivity index (χ3n) is 4.28. The number of amides is 1. The molecule has 1 amide bonds. The minimum atomic E-state index is -0.588. The van der Waals surface area contributed by atoms with Gasteiger partial charge < -0.3 is 9.47 Å². The molecule has 2 unspecified atom stereocenters. The summed E-state index contributed by atoms with van der Waals surface area (Å²) < 4.78 is 10.7. The van der Waals surface area contributed by atoms with E-state index in [1.165, 1.54) is 13.3 Å². The average molecular weight is 417 g/mol. The van der Waals surface area contributed by atoms with Crippen LogP contribution in [0.1, 0.15) is 29.3 Å². The van der Waals surface area contributed by atoms with Gasteiger partial charge in [-0.15, -0.1) is 0 Å². The van der Waals surface area contributed by atoms with Crippen LogP contribution >= 0.6 is 11.6 Å². The Bertz CT molecular complexity index is 934. The molecule has 0 saturated carbocycles. The van der Waals surface area contributed by atoms with Crippen molar-refractivity contribution in [2.75, 3.05) is 7.11 Å². The zero-order valence-corrected chi connectivity index (χ0v) is 16.7. The van der Waals surface area contributed by atoms with E-state index in [9.17, 15) is 9.59 Å². The minimum Gasteiger partial charge on any atom is -0.493 e. The molecule has 3 rings (SSSR count). The fraction of sp³-hybridized carbons (Fsp3) is 0.250. The Balaban J connectivity index is 1.64. The lowest BCUT2D eigenvalue weighted by Gasteiger charge is -2.10. The lowest BCUT2D eigenvalue weighted by atomic mass is 10.1. The van der Waals surface area contributed by atoms with E-state index in [4.69, 9.17) is 21.1 Å². The third kappa shape index (κ3) is 5.32. The highest BCUT2D eigenvalue weighted by Crippen LogP contribution is 2.29. The molecule has 2 aromatic carbocycles. The molecule has 1 fully saturated rings. The lowest BCUT2D eigenvalue weighted by molar-refractivity contribution is -0.122. The molecule has 152 valence electrons. The number of hydrazone groups is 1. The Kier molecular flexibility index (Phi) is 6.82. The number of rotatable bonds is 6. The quantitative estimate of drug-likeness (QED) is 0.289. The molecule has 0 aromatic heterocycles. The SMILES string of the molecule is COc1cc(/C=N/NC(=O)C2CC(C)NN2)ccc1OC(=O)c1ccccc1Cl. The second kappa shape index (κ2) is 9.51. The maximum absolute atomic E-state index is 12.3. The fourth-order valence-electron chi connectivity index (χ4n) is 2.77. The van der Waals surface area contributed by atoms with Gasteiger partial charge in [0.05, 0.1) is 23.9 Å². The highest BCUT2D eigenvalue weighted by atomic mass is 35.5. The van der Waals surface area contributed by atoms with Gasteiger partial charge in [-0.2, -0.15) is 5.10 Å². The first-order valence-corrected chi connectivity index (χ1v) is 9.34. The smallest absolute Gasteiger partial charge is 0.345 e. The van der Waals surface area contributed by atoms with Crippen molar-refractivity contribution in [3.8, 4) is 11.5 Å². The molecule has 0 bridgehead atoms. The van der Waals surface area contributed by atoms with Crippen molar-refractivity contribution in [3.05, 3.63) is 58.6 Å². The topological polar surface area (TPSA) is 101 Å². The van der Waals surface area contributed by atoms with Crippen molar-refractivity contribution >= 4 is 29.7 Å². The van der Waals surface area contributed by atoms with Gasteiger partial charge in [0.2, 0.25) is 0 Å². The molecule has 2 atom stereocenters. The maximum Gasteiger partial charge on any atom is 0.345 e. The van der Waals surface area contributed by atoms with E-state index in [0.29, 0.717) is 22.8 Å². The minimum absolute atomic E-state index is 0.222. The molecule has 2 aromatic rings. The first-order chi connectivity index (χ1) is 14.0. The molecular weight excluding hydrogens is 396 g/mol. The number of hydrogen-bond donors (Lipinski definition) is 3. The molecule has 9 heteroatoms. The van der Waals surface area contributed by atoms with Crippen LogP contribution in [0.2, 0.25) is 5.02 Å². The van der Waals surface area contributed by atoms with Gasteiger partial charge in [-0.25, -0.2) is 15.6 Å². The van der Waals surface area contributed by atoms with E-state index in [-0.39, 0.29) is 29.3 Å². The van der Waals surface area contributed by atoms with Crippen LogP contribution in [0.15, 0.2) is 47.6 Å². The van der Waals surface area contributed by atoms with E-state index in [0.717, 1.165) is 0 Å². The van der Waals surface area contributed by atoms with Crippen LogP contribution in [0, 0.1) is 0 Å². The van der Waals surface area contributed by atoms with Crippen LogP contribution in [-0.2, 0) is 4.79 Å². The zero-order chi connectivity index (χ0) is 20.8. The van der Waals surface area contributed by atoms with Gasteiger partial charge in [-0.1, -0.05) is 23.7 Å². The van der Waals surface area contributed by atoms with Crippen LogP contribution in [-0.4, -0.2) is 37.3 Å². The summed E-state index contributed by atoms with van der Waals surface area (Å²) in [6.07, 6.45) is 2.16. The number of nitrogens with zero attached hydrogens (tertiary/aromatic N) is 1. The van der Waals surface area contributed by atoms with E-state index in [1.807, 2.05) is 6.92 Å². The van der Waals surface area contributed by atoms with Gasteiger partial charge in [-0.3, -0.25) is 10.2 Å². The molecule has 1 heterocycles. The number of halogens is 1. The first kappa shape index (κ1) is 20.8. The molecule has 0 spiro atoms. The fourth-order valence-corrected chi connectivity index (χ4v) is 2.98. The number of esters is 1. The Morgan fingerprint density at radius 2 is 2.00 bits per heavy atom. The molecule has 0 aliphatic carbocycles.